The average Bonchev–Trinajstić information content (AvgIpc) is 2.43. The number of hydrogen-bond donors (Lipinski definition) is 4. The Balaban J connectivity index is 2.62. The van der Waals surface area contributed by atoms with Crippen LogP contribution in [0, 0.1) is 0 Å². The summed E-state index contributed by atoms with van der Waals surface area (Å²) in [4.78, 5) is 35.0. The summed E-state index contributed by atoms with van der Waals surface area (Å²) in [6, 6.07) is -2.14. The molecule has 2 amide bonds. The van der Waals surface area contributed by atoms with Gasteiger partial charge in [0.15, 0.2) is 0 Å². The molecule has 0 aromatic carbocycles. The first-order valence-electron chi connectivity index (χ1n) is 6.59. The van der Waals surface area contributed by atoms with E-state index in [1.165, 1.54) is 4.90 Å². The highest BCUT2D eigenvalue weighted by atomic mass is 16.5. The Morgan fingerprint density at radius 2 is 2.05 bits per heavy atom. The zero-order valence-electron chi connectivity index (χ0n) is 11.7. The molecule has 1 aliphatic rings. The summed E-state index contributed by atoms with van der Waals surface area (Å²) in [5.74, 6) is -2.42. The number of nitrogens with zero attached hydrogens (tertiary/aromatic N) is 1. The Kier molecular flexibility index (Phi) is 6.38. The van der Waals surface area contributed by atoms with E-state index in [-0.39, 0.29) is 38.6 Å². The molecule has 1 rings (SSSR count). The second kappa shape index (κ2) is 7.79. The lowest BCUT2D eigenvalue weighted by Gasteiger charge is -2.37. The fourth-order valence-corrected chi connectivity index (χ4v) is 1.97. The maximum Gasteiger partial charge on any atom is 0.326 e. The number of ether oxygens (including phenoxy) is 1. The van der Waals surface area contributed by atoms with Gasteiger partial charge in [0.2, 0.25) is 0 Å². The Hall–Kier alpha value is -1.87. The van der Waals surface area contributed by atoms with Gasteiger partial charge in [0.1, 0.15) is 6.04 Å². The predicted octanol–water partition coefficient (Wildman–Crippen LogP) is -0.904. The standard InChI is InChI=1S/C12H20N2O7/c1-7-6-21-8(5-15)4-14(7)12(20)13-9(11(18)19)2-3-10(16)17/h7-9,15H,2-6H2,1H3,(H,13,20)(H,16,17)(H,18,19)/t7?,8?,9-/m0/s1. The molecular formula is C12H20N2O7. The van der Waals surface area contributed by atoms with Crippen molar-refractivity contribution >= 4 is 18.0 Å². The van der Waals surface area contributed by atoms with Crippen LogP contribution in [0.25, 0.3) is 0 Å². The highest BCUT2D eigenvalue weighted by Crippen LogP contribution is 2.12. The van der Waals surface area contributed by atoms with Gasteiger partial charge in [-0.1, -0.05) is 0 Å². The molecule has 9 nitrogen and oxygen atoms in total. The summed E-state index contributed by atoms with van der Waals surface area (Å²) in [5.41, 5.74) is 0. The molecule has 0 radical (unpaired) electrons. The van der Waals surface area contributed by atoms with Crippen LogP contribution >= 0.6 is 0 Å². The molecule has 1 fully saturated rings. The van der Waals surface area contributed by atoms with Crippen molar-refractivity contribution in [2.45, 2.75) is 38.0 Å². The first-order chi connectivity index (χ1) is 9.85. The normalized spacial score (nSPS) is 23.4. The number of aliphatic hydroxyl groups is 1. The van der Waals surface area contributed by atoms with Crippen LogP contribution in [-0.2, 0) is 14.3 Å². The third kappa shape index (κ3) is 5.20. The predicted molar refractivity (Wildman–Crippen MR) is 69.8 cm³/mol. The SMILES string of the molecule is CC1COC(CO)CN1C(=O)N[C@@H](CCC(=O)O)C(=O)O. The first-order valence-corrected chi connectivity index (χ1v) is 6.59. The van der Waals surface area contributed by atoms with E-state index in [2.05, 4.69) is 5.32 Å². The topological polar surface area (TPSA) is 136 Å². The van der Waals surface area contributed by atoms with E-state index in [9.17, 15) is 14.4 Å². The van der Waals surface area contributed by atoms with Gasteiger partial charge < -0.3 is 30.3 Å². The fourth-order valence-electron chi connectivity index (χ4n) is 1.97. The minimum atomic E-state index is -1.29. The molecule has 0 saturated carbocycles. The minimum Gasteiger partial charge on any atom is -0.481 e. The number of hydrogen-bond acceptors (Lipinski definition) is 5. The Morgan fingerprint density at radius 1 is 1.38 bits per heavy atom. The van der Waals surface area contributed by atoms with Crippen LogP contribution in [0.4, 0.5) is 4.79 Å². The van der Waals surface area contributed by atoms with E-state index in [1.807, 2.05) is 0 Å². The average molecular weight is 304 g/mol. The van der Waals surface area contributed by atoms with Crippen molar-refractivity contribution in [1.29, 1.82) is 0 Å². The van der Waals surface area contributed by atoms with Crippen LogP contribution < -0.4 is 5.32 Å². The highest BCUT2D eigenvalue weighted by molar-refractivity contribution is 5.83. The zero-order chi connectivity index (χ0) is 16.0. The van der Waals surface area contributed by atoms with Crippen LogP contribution in [0.1, 0.15) is 19.8 Å². The van der Waals surface area contributed by atoms with Crippen molar-refractivity contribution in [2.75, 3.05) is 19.8 Å². The number of carbonyl (C=O) groups excluding carboxylic acids is 1. The molecule has 120 valence electrons. The lowest BCUT2D eigenvalue weighted by molar-refractivity contribution is -0.140. The summed E-state index contributed by atoms with van der Waals surface area (Å²) < 4.78 is 5.29. The molecule has 1 saturated heterocycles. The van der Waals surface area contributed by atoms with Gasteiger partial charge >= 0.3 is 18.0 Å². The molecule has 4 N–H and O–H groups in total. The molecule has 9 heteroatoms. The van der Waals surface area contributed by atoms with Crippen molar-refractivity contribution in [2.24, 2.45) is 0 Å². The van der Waals surface area contributed by atoms with Crippen molar-refractivity contribution in [3.05, 3.63) is 0 Å². The molecular weight excluding hydrogens is 284 g/mol. The number of urea groups is 1. The van der Waals surface area contributed by atoms with E-state index < -0.39 is 30.1 Å². The number of aliphatic carboxylic acids is 2. The third-order valence-corrected chi connectivity index (χ3v) is 3.21. The van der Waals surface area contributed by atoms with Crippen LogP contribution in [0.3, 0.4) is 0 Å². The zero-order valence-corrected chi connectivity index (χ0v) is 11.7. The summed E-state index contributed by atoms with van der Waals surface area (Å²) in [7, 11) is 0. The molecule has 0 bridgehead atoms. The van der Waals surface area contributed by atoms with Gasteiger partial charge in [-0.3, -0.25) is 4.79 Å². The van der Waals surface area contributed by atoms with E-state index in [1.54, 1.807) is 6.92 Å². The van der Waals surface area contributed by atoms with Gasteiger partial charge in [-0.15, -0.1) is 0 Å². The fraction of sp³-hybridized carbons (Fsp3) is 0.750. The number of aliphatic hydroxyl groups excluding tert-OH is 1. The number of nitrogens with one attached hydrogen (secondary N) is 1. The second-order valence-corrected chi connectivity index (χ2v) is 4.91. The summed E-state index contributed by atoms with van der Waals surface area (Å²) in [6.07, 6.45) is -1.05. The Bertz CT molecular complexity index is 401. The van der Waals surface area contributed by atoms with E-state index in [0.29, 0.717) is 0 Å². The van der Waals surface area contributed by atoms with Crippen LogP contribution in [-0.4, -0.2) is 76.1 Å². The van der Waals surface area contributed by atoms with E-state index in [0.717, 1.165) is 0 Å². The van der Waals surface area contributed by atoms with Gasteiger partial charge in [0.05, 0.1) is 31.9 Å². The quantitative estimate of drug-likeness (QED) is 0.499. The monoisotopic (exact) mass is 304 g/mol. The molecule has 0 aromatic rings. The second-order valence-electron chi connectivity index (χ2n) is 4.91. The molecule has 3 atom stereocenters. The molecule has 2 unspecified atom stereocenters. The van der Waals surface area contributed by atoms with Gasteiger partial charge in [-0.2, -0.15) is 0 Å². The lowest BCUT2D eigenvalue weighted by Crippen LogP contribution is -2.57. The Morgan fingerprint density at radius 3 is 2.57 bits per heavy atom. The highest BCUT2D eigenvalue weighted by Gasteiger charge is 2.31. The summed E-state index contributed by atoms with van der Waals surface area (Å²) >= 11 is 0. The molecule has 0 aliphatic carbocycles. The van der Waals surface area contributed by atoms with Gasteiger partial charge in [-0.05, 0) is 13.3 Å². The largest absolute Gasteiger partial charge is 0.481 e. The Labute approximate surface area is 121 Å². The van der Waals surface area contributed by atoms with Crippen molar-refractivity contribution in [1.82, 2.24) is 10.2 Å². The maximum atomic E-state index is 12.1. The smallest absolute Gasteiger partial charge is 0.326 e. The summed E-state index contributed by atoms with van der Waals surface area (Å²) in [6.45, 7) is 1.89. The first kappa shape index (κ1) is 17.2. The number of morpholine rings is 1. The lowest BCUT2D eigenvalue weighted by atomic mass is 10.1. The number of carbonyl (C=O) groups is 3. The van der Waals surface area contributed by atoms with Gasteiger partial charge in [0.25, 0.3) is 0 Å². The minimum absolute atomic E-state index is 0.148. The number of amides is 2. The summed E-state index contributed by atoms with van der Waals surface area (Å²) in [5, 5.41) is 28.9. The molecule has 0 aromatic heterocycles. The number of rotatable bonds is 6. The molecule has 21 heavy (non-hydrogen) atoms. The number of carboxylic acids is 2. The maximum absolute atomic E-state index is 12.1. The molecule has 1 aliphatic heterocycles. The van der Waals surface area contributed by atoms with E-state index in [4.69, 9.17) is 20.1 Å². The van der Waals surface area contributed by atoms with E-state index >= 15 is 0 Å². The van der Waals surface area contributed by atoms with Crippen LogP contribution in [0.5, 0.6) is 0 Å². The molecule has 1 heterocycles. The number of carboxylic acid groups (broad SMARTS) is 2. The van der Waals surface area contributed by atoms with Gasteiger partial charge in [0, 0.05) is 6.42 Å². The van der Waals surface area contributed by atoms with Crippen molar-refractivity contribution in [3.63, 3.8) is 0 Å². The van der Waals surface area contributed by atoms with Crippen LogP contribution in [0.2, 0.25) is 0 Å². The van der Waals surface area contributed by atoms with Crippen molar-refractivity contribution < 1.29 is 34.4 Å². The third-order valence-electron chi connectivity index (χ3n) is 3.21. The van der Waals surface area contributed by atoms with Crippen molar-refractivity contribution in [3.8, 4) is 0 Å². The van der Waals surface area contributed by atoms with Crippen LogP contribution in [0.15, 0.2) is 0 Å². The van der Waals surface area contributed by atoms with Gasteiger partial charge in [-0.25, -0.2) is 9.59 Å². The molecule has 0 spiro atoms.